The monoisotopic (exact) mass is 380 g/mol. The van der Waals surface area contributed by atoms with Gasteiger partial charge in [-0.15, -0.1) is 0 Å². The van der Waals surface area contributed by atoms with Gasteiger partial charge in [-0.25, -0.2) is 0 Å². The quantitative estimate of drug-likeness (QED) is 0.864. The molecule has 2 amide bonds. The van der Waals surface area contributed by atoms with Gasteiger partial charge in [0, 0.05) is 25.1 Å². The maximum absolute atomic E-state index is 12.5. The lowest BCUT2D eigenvalue weighted by Gasteiger charge is -2.28. The number of ether oxygens (including phenoxy) is 2. The van der Waals surface area contributed by atoms with E-state index in [4.69, 9.17) is 9.47 Å². The third-order valence-electron chi connectivity index (χ3n) is 5.20. The Hall–Kier alpha value is -3.02. The first kappa shape index (κ1) is 18.3. The third kappa shape index (κ3) is 3.81. The van der Waals surface area contributed by atoms with Crippen molar-refractivity contribution in [3.63, 3.8) is 0 Å². The van der Waals surface area contributed by atoms with Crippen LogP contribution >= 0.6 is 0 Å². The predicted molar refractivity (Wildman–Crippen MR) is 107 cm³/mol. The zero-order chi connectivity index (χ0) is 19.5. The molecule has 0 spiro atoms. The van der Waals surface area contributed by atoms with Crippen molar-refractivity contribution in [2.75, 3.05) is 30.5 Å². The second kappa shape index (κ2) is 7.92. The molecule has 146 valence electrons. The van der Waals surface area contributed by atoms with Crippen molar-refractivity contribution in [1.82, 2.24) is 0 Å². The lowest BCUT2D eigenvalue weighted by molar-refractivity contribution is -0.119. The van der Waals surface area contributed by atoms with Crippen LogP contribution in [0.3, 0.4) is 0 Å². The molecule has 0 unspecified atom stereocenters. The van der Waals surface area contributed by atoms with Gasteiger partial charge in [-0.1, -0.05) is 12.1 Å². The fourth-order valence-electron chi connectivity index (χ4n) is 3.78. The first-order chi connectivity index (χ1) is 13.6. The Morgan fingerprint density at radius 3 is 2.89 bits per heavy atom. The van der Waals surface area contributed by atoms with E-state index in [1.807, 2.05) is 24.3 Å². The summed E-state index contributed by atoms with van der Waals surface area (Å²) in [5, 5.41) is 2.94. The number of nitrogens with one attached hydrogen (secondary N) is 1. The molecule has 2 aliphatic heterocycles. The standard InChI is InChI=1S/C22H24N2O4/c1-27-20-8-6-17(14-18(20)24-10-3-2-4-22(24)26)23-21(25)13-15-5-7-19-16(12-15)9-11-28-19/h5-8,12,14H,2-4,9-11,13H2,1H3,(H,23,25). The molecule has 2 aliphatic rings. The van der Waals surface area contributed by atoms with Gasteiger partial charge in [0.1, 0.15) is 11.5 Å². The SMILES string of the molecule is COc1ccc(NC(=O)Cc2ccc3c(c2)CCO3)cc1N1CCCCC1=O. The summed E-state index contributed by atoms with van der Waals surface area (Å²) in [7, 11) is 1.59. The van der Waals surface area contributed by atoms with E-state index in [0.29, 0.717) is 36.7 Å². The molecule has 2 heterocycles. The van der Waals surface area contributed by atoms with Crippen LogP contribution in [0.4, 0.5) is 11.4 Å². The van der Waals surface area contributed by atoms with Crippen LogP contribution in [0.25, 0.3) is 0 Å². The van der Waals surface area contributed by atoms with E-state index in [1.54, 1.807) is 24.1 Å². The minimum atomic E-state index is -0.0973. The van der Waals surface area contributed by atoms with Crippen molar-refractivity contribution in [1.29, 1.82) is 0 Å². The van der Waals surface area contributed by atoms with Crippen LogP contribution in [-0.4, -0.2) is 32.1 Å². The molecule has 28 heavy (non-hydrogen) atoms. The van der Waals surface area contributed by atoms with Crippen LogP contribution in [0.2, 0.25) is 0 Å². The number of hydrogen-bond donors (Lipinski definition) is 1. The molecule has 6 nitrogen and oxygen atoms in total. The molecule has 4 rings (SSSR count). The van der Waals surface area contributed by atoms with Gasteiger partial charge in [-0.05, 0) is 48.2 Å². The predicted octanol–water partition coefficient (Wildman–Crippen LogP) is 3.33. The van der Waals surface area contributed by atoms with E-state index in [0.717, 1.165) is 36.1 Å². The van der Waals surface area contributed by atoms with Crippen LogP contribution in [0.1, 0.15) is 30.4 Å². The van der Waals surface area contributed by atoms with E-state index < -0.39 is 0 Å². The van der Waals surface area contributed by atoms with Crippen LogP contribution in [0, 0.1) is 0 Å². The minimum Gasteiger partial charge on any atom is -0.495 e. The maximum atomic E-state index is 12.5. The fraction of sp³-hybridized carbons (Fsp3) is 0.364. The van der Waals surface area contributed by atoms with Gasteiger partial charge < -0.3 is 19.7 Å². The fourth-order valence-corrected chi connectivity index (χ4v) is 3.78. The largest absolute Gasteiger partial charge is 0.495 e. The highest BCUT2D eigenvalue weighted by Gasteiger charge is 2.23. The smallest absolute Gasteiger partial charge is 0.228 e. The molecule has 0 radical (unpaired) electrons. The first-order valence-electron chi connectivity index (χ1n) is 9.67. The molecule has 0 aromatic heterocycles. The second-order valence-corrected chi connectivity index (χ2v) is 7.15. The van der Waals surface area contributed by atoms with Gasteiger partial charge >= 0.3 is 0 Å². The summed E-state index contributed by atoms with van der Waals surface area (Å²) >= 11 is 0. The van der Waals surface area contributed by atoms with E-state index in [-0.39, 0.29) is 18.2 Å². The normalized spacial score (nSPS) is 15.8. The van der Waals surface area contributed by atoms with Crippen molar-refractivity contribution < 1.29 is 19.1 Å². The summed E-state index contributed by atoms with van der Waals surface area (Å²) in [5.41, 5.74) is 3.48. The van der Waals surface area contributed by atoms with Crippen molar-refractivity contribution in [2.24, 2.45) is 0 Å². The lowest BCUT2D eigenvalue weighted by Crippen LogP contribution is -2.35. The number of carbonyl (C=O) groups excluding carboxylic acids is 2. The van der Waals surface area contributed by atoms with Gasteiger partial charge in [0.2, 0.25) is 11.8 Å². The summed E-state index contributed by atoms with van der Waals surface area (Å²) in [4.78, 5) is 26.6. The number of amides is 2. The molecule has 2 aromatic carbocycles. The molecule has 0 aliphatic carbocycles. The minimum absolute atomic E-state index is 0.0911. The molecule has 1 N–H and O–H groups in total. The highest BCUT2D eigenvalue weighted by atomic mass is 16.5. The van der Waals surface area contributed by atoms with Crippen molar-refractivity contribution in [2.45, 2.75) is 32.1 Å². The van der Waals surface area contributed by atoms with Gasteiger partial charge in [0.25, 0.3) is 0 Å². The molecule has 0 atom stereocenters. The number of piperidine rings is 1. The zero-order valence-corrected chi connectivity index (χ0v) is 16.0. The molecule has 1 fully saturated rings. The summed E-state index contributed by atoms with van der Waals surface area (Å²) in [6.07, 6.45) is 3.60. The van der Waals surface area contributed by atoms with Crippen LogP contribution in [0.15, 0.2) is 36.4 Å². The molecule has 1 saturated heterocycles. The molecular formula is C22H24N2O4. The Labute approximate surface area is 164 Å². The van der Waals surface area contributed by atoms with E-state index in [9.17, 15) is 9.59 Å². The number of anilines is 2. The van der Waals surface area contributed by atoms with Gasteiger partial charge in [0.05, 0.1) is 25.8 Å². The molecule has 0 saturated carbocycles. The Balaban J connectivity index is 1.49. The van der Waals surface area contributed by atoms with Crippen molar-refractivity contribution in [3.8, 4) is 11.5 Å². The van der Waals surface area contributed by atoms with E-state index in [1.165, 1.54) is 0 Å². The summed E-state index contributed by atoms with van der Waals surface area (Å²) in [5.74, 6) is 1.54. The number of methoxy groups -OCH3 is 1. The molecular weight excluding hydrogens is 356 g/mol. The van der Waals surface area contributed by atoms with E-state index in [2.05, 4.69) is 5.32 Å². The maximum Gasteiger partial charge on any atom is 0.228 e. The first-order valence-corrected chi connectivity index (χ1v) is 9.67. The van der Waals surface area contributed by atoms with E-state index >= 15 is 0 Å². The number of fused-ring (bicyclic) bond motifs is 1. The summed E-state index contributed by atoms with van der Waals surface area (Å²) < 4.78 is 10.9. The molecule has 2 aromatic rings. The zero-order valence-electron chi connectivity index (χ0n) is 16.0. The Morgan fingerprint density at radius 2 is 2.07 bits per heavy atom. The molecule has 6 heteroatoms. The summed E-state index contributed by atoms with van der Waals surface area (Å²) in [6.45, 7) is 1.37. The number of carbonyl (C=O) groups is 2. The number of nitrogens with zero attached hydrogens (tertiary/aromatic N) is 1. The Kier molecular flexibility index (Phi) is 5.19. The van der Waals surface area contributed by atoms with Crippen LogP contribution in [-0.2, 0) is 22.4 Å². The number of rotatable bonds is 5. The summed E-state index contributed by atoms with van der Waals surface area (Å²) in [6, 6.07) is 11.3. The highest BCUT2D eigenvalue weighted by molar-refractivity contribution is 5.98. The lowest BCUT2D eigenvalue weighted by atomic mass is 10.1. The average molecular weight is 380 g/mol. The second-order valence-electron chi connectivity index (χ2n) is 7.15. The van der Waals surface area contributed by atoms with Crippen LogP contribution in [0.5, 0.6) is 11.5 Å². The van der Waals surface area contributed by atoms with Gasteiger partial charge in [-0.3, -0.25) is 9.59 Å². The average Bonchev–Trinajstić information content (AvgIpc) is 3.16. The Morgan fingerprint density at radius 1 is 1.18 bits per heavy atom. The topological polar surface area (TPSA) is 67.9 Å². The highest BCUT2D eigenvalue weighted by Crippen LogP contribution is 2.33. The number of hydrogen-bond acceptors (Lipinski definition) is 4. The van der Waals surface area contributed by atoms with Crippen molar-refractivity contribution in [3.05, 3.63) is 47.5 Å². The van der Waals surface area contributed by atoms with Crippen LogP contribution < -0.4 is 19.7 Å². The van der Waals surface area contributed by atoms with Gasteiger partial charge in [-0.2, -0.15) is 0 Å². The van der Waals surface area contributed by atoms with Crippen molar-refractivity contribution >= 4 is 23.2 Å². The molecule has 0 bridgehead atoms. The number of benzene rings is 2. The van der Waals surface area contributed by atoms with Gasteiger partial charge in [0.15, 0.2) is 0 Å². The Bertz CT molecular complexity index is 909. The third-order valence-corrected chi connectivity index (χ3v) is 5.20.